The lowest BCUT2D eigenvalue weighted by Crippen LogP contribution is -2.21. The molecule has 0 aliphatic rings. The number of nitrogens with two attached hydrogens (primary N) is 1. The monoisotopic (exact) mass is 304 g/mol. The van der Waals surface area contributed by atoms with E-state index in [0.29, 0.717) is 5.75 Å². The first-order chi connectivity index (χ1) is 8.80. The van der Waals surface area contributed by atoms with Gasteiger partial charge in [-0.1, -0.05) is 12.1 Å². The average molecular weight is 304 g/mol. The van der Waals surface area contributed by atoms with Crippen LogP contribution in [0, 0.1) is 0 Å². The van der Waals surface area contributed by atoms with Crippen LogP contribution in [0.2, 0.25) is 0 Å². The van der Waals surface area contributed by atoms with Gasteiger partial charge in [-0.25, -0.2) is 13.6 Å². The van der Waals surface area contributed by atoms with E-state index in [0.717, 1.165) is 18.5 Å². The SMILES string of the molecule is CC(NCCCS(C)=O)c1ccc(S(N)(=O)=O)cc1. The highest BCUT2D eigenvalue weighted by Gasteiger charge is 2.09. The van der Waals surface area contributed by atoms with Gasteiger partial charge < -0.3 is 5.32 Å². The number of primary sulfonamides is 1. The maximum atomic E-state index is 11.1. The summed E-state index contributed by atoms with van der Waals surface area (Å²) >= 11 is 0. The predicted molar refractivity (Wildman–Crippen MR) is 77.8 cm³/mol. The average Bonchev–Trinajstić information content (AvgIpc) is 2.33. The fourth-order valence-corrected chi connectivity index (χ4v) is 2.72. The molecule has 0 aromatic heterocycles. The first-order valence-electron chi connectivity index (χ1n) is 5.97. The molecule has 5 nitrogen and oxygen atoms in total. The third kappa shape index (κ3) is 5.82. The molecule has 0 bridgehead atoms. The Hall–Kier alpha value is -0.760. The third-order valence-corrected chi connectivity index (χ3v) is 4.56. The Morgan fingerprint density at radius 2 is 1.89 bits per heavy atom. The molecule has 1 aromatic rings. The van der Waals surface area contributed by atoms with Crippen molar-refractivity contribution in [2.45, 2.75) is 24.3 Å². The van der Waals surface area contributed by atoms with Crippen molar-refractivity contribution in [1.82, 2.24) is 5.32 Å². The van der Waals surface area contributed by atoms with Gasteiger partial charge in [0.1, 0.15) is 0 Å². The van der Waals surface area contributed by atoms with Crippen LogP contribution in [0.1, 0.15) is 24.9 Å². The molecule has 2 atom stereocenters. The molecule has 19 heavy (non-hydrogen) atoms. The fraction of sp³-hybridized carbons (Fsp3) is 0.500. The molecule has 0 aliphatic carbocycles. The molecule has 3 N–H and O–H groups in total. The second-order valence-corrected chi connectivity index (χ2v) is 7.54. The largest absolute Gasteiger partial charge is 0.310 e. The van der Waals surface area contributed by atoms with Crippen molar-refractivity contribution in [1.29, 1.82) is 0 Å². The zero-order valence-electron chi connectivity index (χ0n) is 11.1. The van der Waals surface area contributed by atoms with E-state index >= 15 is 0 Å². The van der Waals surface area contributed by atoms with Crippen LogP contribution in [0.5, 0.6) is 0 Å². The Morgan fingerprint density at radius 1 is 1.32 bits per heavy atom. The minimum Gasteiger partial charge on any atom is -0.310 e. The summed E-state index contributed by atoms with van der Waals surface area (Å²) in [6.07, 6.45) is 2.54. The summed E-state index contributed by atoms with van der Waals surface area (Å²) in [5.74, 6) is 0.685. The Balaban J connectivity index is 2.54. The van der Waals surface area contributed by atoms with Crippen LogP contribution in [0.25, 0.3) is 0 Å². The number of nitrogens with one attached hydrogen (secondary N) is 1. The van der Waals surface area contributed by atoms with Gasteiger partial charge in [0.25, 0.3) is 0 Å². The molecule has 0 aliphatic heterocycles. The summed E-state index contributed by atoms with van der Waals surface area (Å²) in [6, 6.07) is 6.61. The lowest BCUT2D eigenvalue weighted by Gasteiger charge is -2.14. The lowest BCUT2D eigenvalue weighted by atomic mass is 10.1. The normalized spacial score (nSPS) is 15.1. The zero-order valence-corrected chi connectivity index (χ0v) is 12.8. The quantitative estimate of drug-likeness (QED) is 0.728. The van der Waals surface area contributed by atoms with E-state index in [1.54, 1.807) is 18.4 Å². The number of hydrogen-bond donors (Lipinski definition) is 2. The predicted octanol–water partition coefficient (Wildman–Crippen LogP) is 0.753. The second kappa shape index (κ2) is 7.14. The highest BCUT2D eigenvalue weighted by atomic mass is 32.2. The molecule has 0 heterocycles. The number of benzene rings is 1. The van der Waals surface area contributed by atoms with Crippen LogP contribution < -0.4 is 10.5 Å². The Bertz CT molecular complexity index is 526. The molecule has 0 fully saturated rings. The van der Waals surface area contributed by atoms with Crippen LogP contribution in [0.15, 0.2) is 29.2 Å². The Morgan fingerprint density at radius 3 is 2.37 bits per heavy atom. The van der Waals surface area contributed by atoms with E-state index in [1.807, 2.05) is 6.92 Å². The van der Waals surface area contributed by atoms with Crippen LogP contribution >= 0.6 is 0 Å². The summed E-state index contributed by atoms with van der Waals surface area (Å²) in [4.78, 5) is 0.116. The molecule has 1 rings (SSSR count). The molecular weight excluding hydrogens is 284 g/mol. The van der Waals surface area contributed by atoms with E-state index in [4.69, 9.17) is 5.14 Å². The van der Waals surface area contributed by atoms with E-state index in [1.165, 1.54) is 12.1 Å². The van der Waals surface area contributed by atoms with Gasteiger partial charge in [0, 0.05) is 28.9 Å². The van der Waals surface area contributed by atoms with Crippen molar-refractivity contribution in [3.8, 4) is 0 Å². The first kappa shape index (κ1) is 16.3. The summed E-state index contributed by atoms with van der Waals surface area (Å²) in [6.45, 7) is 2.77. The van der Waals surface area contributed by atoms with Crippen LogP contribution in [-0.2, 0) is 20.8 Å². The summed E-state index contributed by atoms with van der Waals surface area (Å²) in [7, 11) is -4.39. The Labute approximate surface area is 117 Å². The van der Waals surface area contributed by atoms with Gasteiger partial charge >= 0.3 is 0 Å². The van der Waals surface area contributed by atoms with Gasteiger partial charge in [0.2, 0.25) is 10.0 Å². The standard InChI is InChI=1S/C12H20N2O3S2/c1-10(14-8-3-9-18(2)15)11-4-6-12(7-5-11)19(13,16)17/h4-7,10,14H,3,8-9H2,1-2H3,(H2,13,16,17). The van der Waals surface area contributed by atoms with E-state index in [-0.39, 0.29) is 10.9 Å². The van der Waals surface area contributed by atoms with Crippen molar-refractivity contribution in [2.24, 2.45) is 5.14 Å². The number of rotatable bonds is 7. The molecule has 0 saturated carbocycles. The number of sulfonamides is 1. The molecular formula is C12H20N2O3S2. The molecule has 0 amide bonds. The maximum Gasteiger partial charge on any atom is 0.238 e. The molecule has 0 radical (unpaired) electrons. The van der Waals surface area contributed by atoms with Gasteiger partial charge in [0.15, 0.2) is 0 Å². The van der Waals surface area contributed by atoms with Gasteiger partial charge in [-0.15, -0.1) is 0 Å². The van der Waals surface area contributed by atoms with Crippen LogP contribution in [-0.4, -0.2) is 31.2 Å². The topological polar surface area (TPSA) is 89.3 Å². The van der Waals surface area contributed by atoms with Crippen molar-refractivity contribution in [3.63, 3.8) is 0 Å². The minimum absolute atomic E-state index is 0.111. The lowest BCUT2D eigenvalue weighted by molar-refractivity contribution is 0.570. The van der Waals surface area contributed by atoms with Gasteiger partial charge in [0.05, 0.1) is 4.90 Å². The third-order valence-electron chi connectivity index (χ3n) is 2.77. The van der Waals surface area contributed by atoms with Crippen LogP contribution in [0.4, 0.5) is 0 Å². The highest BCUT2D eigenvalue weighted by Crippen LogP contribution is 2.15. The molecule has 108 valence electrons. The Kier molecular flexibility index (Phi) is 6.12. The van der Waals surface area contributed by atoms with Gasteiger partial charge in [-0.05, 0) is 37.6 Å². The summed E-state index contributed by atoms with van der Waals surface area (Å²) < 4.78 is 33.1. The number of hydrogen-bond acceptors (Lipinski definition) is 4. The highest BCUT2D eigenvalue weighted by molar-refractivity contribution is 7.89. The summed E-state index contributed by atoms with van der Waals surface area (Å²) in [5, 5.41) is 8.33. The van der Waals surface area contributed by atoms with Crippen molar-refractivity contribution < 1.29 is 12.6 Å². The molecule has 1 aromatic carbocycles. The minimum atomic E-state index is -3.63. The van der Waals surface area contributed by atoms with Crippen molar-refractivity contribution in [3.05, 3.63) is 29.8 Å². The van der Waals surface area contributed by atoms with Gasteiger partial charge in [-0.2, -0.15) is 0 Å². The van der Waals surface area contributed by atoms with E-state index in [9.17, 15) is 12.6 Å². The van der Waals surface area contributed by atoms with Crippen molar-refractivity contribution >= 4 is 20.8 Å². The smallest absolute Gasteiger partial charge is 0.238 e. The van der Waals surface area contributed by atoms with E-state index < -0.39 is 20.8 Å². The molecule has 0 spiro atoms. The zero-order chi connectivity index (χ0) is 14.5. The van der Waals surface area contributed by atoms with E-state index in [2.05, 4.69) is 5.32 Å². The van der Waals surface area contributed by atoms with Crippen LogP contribution in [0.3, 0.4) is 0 Å². The fourth-order valence-electron chi connectivity index (χ4n) is 1.66. The first-order valence-corrected chi connectivity index (χ1v) is 9.24. The molecule has 7 heteroatoms. The molecule has 2 unspecified atom stereocenters. The second-order valence-electron chi connectivity index (χ2n) is 4.42. The molecule has 0 saturated heterocycles. The van der Waals surface area contributed by atoms with Crippen molar-refractivity contribution in [2.75, 3.05) is 18.6 Å². The summed E-state index contributed by atoms with van der Waals surface area (Å²) in [5.41, 5.74) is 0.991. The van der Waals surface area contributed by atoms with Gasteiger partial charge in [-0.3, -0.25) is 4.21 Å². The maximum absolute atomic E-state index is 11.1.